The van der Waals surface area contributed by atoms with Crippen LogP contribution >= 0.6 is 11.8 Å². The highest BCUT2D eigenvalue weighted by Crippen LogP contribution is 2.11. The zero-order chi connectivity index (χ0) is 14.4. The molecule has 1 aromatic heterocycles. The molecule has 2 rings (SSSR count). The standard InChI is InChI=1S/C15H19N3OS/c1-12-14(10-17-18(12)2)15(19)16-8-9-20-11-13-6-4-3-5-7-13/h3-7,10H,8-9,11H2,1-2H3,(H,16,19). The highest BCUT2D eigenvalue weighted by Gasteiger charge is 2.11. The van der Waals surface area contributed by atoms with Crippen molar-refractivity contribution in [2.75, 3.05) is 12.3 Å². The number of hydrogen-bond donors (Lipinski definition) is 1. The fourth-order valence-electron chi connectivity index (χ4n) is 1.82. The molecule has 4 nitrogen and oxygen atoms in total. The Morgan fingerprint density at radius 3 is 2.75 bits per heavy atom. The summed E-state index contributed by atoms with van der Waals surface area (Å²) < 4.78 is 1.71. The maximum Gasteiger partial charge on any atom is 0.254 e. The van der Waals surface area contributed by atoms with Crippen LogP contribution < -0.4 is 5.32 Å². The lowest BCUT2D eigenvalue weighted by molar-refractivity contribution is 0.0955. The van der Waals surface area contributed by atoms with Gasteiger partial charge in [-0.3, -0.25) is 9.48 Å². The summed E-state index contributed by atoms with van der Waals surface area (Å²) in [5, 5.41) is 7.00. The molecule has 106 valence electrons. The molecule has 1 heterocycles. The van der Waals surface area contributed by atoms with Crippen molar-refractivity contribution < 1.29 is 4.79 Å². The summed E-state index contributed by atoms with van der Waals surface area (Å²) in [6.07, 6.45) is 1.61. The molecule has 0 saturated carbocycles. The van der Waals surface area contributed by atoms with Crippen molar-refractivity contribution in [3.05, 3.63) is 53.3 Å². The number of amides is 1. The topological polar surface area (TPSA) is 46.9 Å². The van der Waals surface area contributed by atoms with Crippen LogP contribution in [-0.2, 0) is 12.8 Å². The minimum atomic E-state index is -0.0455. The van der Waals surface area contributed by atoms with Crippen LogP contribution in [0.3, 0.4) is 0 Å². The van der Waals surface area contributed by atoms with Crippen molar-refractivity contribution in [2.24, 2.45) is 7.05 Å². The van der Waals surface area contributed by atoms with E-state index in [0.717, 1.165) is 17.2 Å². The first-order valence-electron chi connectivity index (χ1n) is 6.57. The number of rotatable bonds is 6. The predicted molar refractivity (Wildman–Crippen MR) is 82.9 cm³/mol. The maximum absolute atomic E-state index is 11.9. The average molecular weight is 289 g/mol. The van der Waals surface area contributed by atoms with Crippen molar-refractivity contribution in [1.29, 1.82) is 0 Å². The second-order valence-electron chi connectivity index (χ2n) is 4.56. The summed E-state index contributed by atoms with van der Waals surface area (Å²) in [6.45, 7) is 2.57. The van der Waals surface area contributed by atoms with Crippen LogP contribution in [0.5, 0.6) is 0 Å². The van der Waals surface area contributed by atoms with E-state index in [0.29, 0.717) is 12.1 Å². The van der Waals surface area contributed by atoms with Crippen LogP contribution in [0.15, 0.2) is 36.5 Å². The predicted octanol–water partition coefficient (Wildman–Crippen LogP) is 2.39. The van der Waals surface area contributed by atoms with Crippen molar-refractivity contribution in [2.45, 2.75) is 12.7 Å². The molecular weight excluding hydrogens is 270 g/mol. The number of carbonyl (C=O) groups is 1. The number of benzene rings is 1. The van der Waals surface area contributed by atoms with E-state index >= 15 is 0 Å². The van der Waals surface area contributed by atoms with Crippen molar-refractivity contribution in [1.82, 2.24) is 15.1 Å². The smallest absolute Gasteiger partial charge is 0.254 e. The van der Waals surface area contributed by atoms with E-state index in [1.807, 2.05) is 43.9 Å². The molecule has 0 saturated heterocycles. The van der Waals surface area contributed by atoms with Crippen LogP contribution in [0.2, 0.25) is 0 Å². The fourth-order valence-corrected chi connectivity index (χ4v) is 2.64. The third kappa shape index (κ3) is 3.87. The summed E-state index contributed by atoms with van der Waals surface area (Å²) in [5.74, 6) is 1.83. The van der Waals surface area contributed by atoms with Crippen LogP contribution in [0.25, 0.3) is 0 Å². The molecule has 0 atom stereocenters. The van der Waals surface area contributed by atoms with Crippen LogP contribution in [-0.4, -0.2) is 28.0 Å². The molecule has 2 aromatic rings. The monoisotopic (exact) mass is 289 g/mol. The van der Waals surface area contributed by atoms with Gasteiger partial charge in [0.15, 0.2) is 0 Å². The van der Waals surface area contributed by atoms with Crippen molar-refractivity contribution in [3.8, 4) is 0 Å². The Labute approximate surface area is 123 Å². The normalized spacial score (nSPS) is 10.5. The lowest BCUT2D eigenvalue weighted by atomic mass is 10.2. The van der Waals surface area contributed by atoms with Gasteiger partial charge in [-0.05, 0) is 12.5 Å². The molecule has 0 radical (unpaired) electrons. The lowest BCUT2D eigenvalue weighted by Crippen LogP contribution is -2.26. The molecule has 0 fully saturated rings. The molecule has 0 unspecified atom stereocenters. The van der Waals surface area contributed by atoms with Gasteiger partial charge in [-0.25, -0.2) is 0 Å². The van der Waals surface area contributed by atoms with E-state index in [4.69, 9.17) is 0 Å². The quantitative estimate of drug-likeness (QED) is 0.831. The first kappa shape index (κ1) is 14.7. The minimum absolute atomic E-state index is 0.0455. The Hall–Kier alpha value is -1.75. The number of thioether (sulfide) groups is 1. The van der Waals surface area contributed by atoms with E-state index in [9.17, 15) is 4.79 Å². The number of hydrogen-bond acceptors (Lipinski definition) is 3. The average Bonchev–Trinajstić information content (AvgIpc) is 2.80. The van der Waals surface area contributed by atoms with Crippen LogP contribution in [0, 0.1) is 6.92 Å². The van der Waals surface area contributed by atoms with Gasteiger partial charge in [0.05, 0.1) is 11.8 Å². The molecule has 0 aliphatic carbocycles. The Bertz CT molecular complexity index is 566. The number of nitrogens with one attached hydrogen (secondary N) is 1. The van der Waals surface area contributed by atoms with Gasteiger partial charge >= 0.3 is 0 Å². The second kappa shape index (κ2) is 7.14. The van der Waals surface area contributed by atoms with Crippen LogP contribution in [0.1, 0.15) is 21.6 Å². The summed E-state index contributed by atoms with van der Waals surface area (Å²) in [7, 11) is 1.84. The largest absolute Gasteiger partial charge is 0.351 e. The molecule has 20 heavy (non-hydrogen) atoms. The van der Waals surface area contributed by atoms with Crippen molar-refractivity contribution in [3.63, 3.8) is 0 Å². The zero-order valence-electron chi connectivity index (χ0n) is 11.8. The SMILES string of the molecule is Cc1c(C(=O)NCCSCc2ccccc2)cnn1C. The molecular formula is C15H19N3OS. The fraction of sp³-hybridized carbons (Fsp3) is 0.333. The van der Waals surface area contributed by atoms with Gasteiger partial charge in [0.1, 0.15) is 0 Å². The zero-order valence-corrected chi connectivity index (χ0v) is 12.6. The van der Waals surface area contributed by atoms with Gasteiger partial charge < -0.3 is 5.32 Å². The Morgan fingerprint density at radius 2 is 2.10 bits per heavy atom. The Balaban J connectivity index is 1.69. The van der Waals surface area contributed by atoms with Gasteiger partial charge in [0, 0.05) is 30.8 Å². The first-order chi connectivity index (χ1) is 9.68. The Morgan fingerprint density at radius 1 is 1.35 bits per heavy atom. The van der Waals surface area contributed by atoms with Crippen LogP contribution in [0.4, 0.5) is 0 Å². The van der Waals surface area contributed by atoms with Gasteiger partial charge in [0.25, 0.3) is 5.91 Å². The van der Waals surface area contributed by atoms with Gasteiger partial charge in [-0.1, -0.05) is 30.3 Å². The number of aromatic nitrogens is 2. The highest BCUT2D eigenvalue weighted by molar-refractivity contribution is 7.98. The molecule has 0 bridgehead atoms. The minimum Gasteiger partial charge on any atom is -0.351 e. The summed E-state index contributed by atoms with van der Waals surface area (Å²) in [6, 6.07) is 10.3. The molecule has 1 amide bonds. The van der Waals surface area contributed by atoms with Gasteiger partial charge in [-0.15, -0.1) is 0 Å². The molecule has 0 aliphatic rings. The number of nitrogens with zero attached hydrogens (tertiary/aromatic N) is 2. The molecule has 0 aliphatic heterocycles. The third-order valence-corrected chi connectivity index (χ3v) is 4.15. The van der Waals surface area contributed by atoms with Gasteiger partial charge in [-0.2, -0.15) is 16.9 Å². The van der Waals surface area contributed by atoms with Crippen molar-refractivity contribution >= 4 is 17.7 Å². The Kier molecular flexibility index (Phi) is 5.24. The van der Waals surface area contributed by atoms with E-state index in [-0.39, 0.29) is 5.91 Å². The first-order valence-corrected chi connectivity index (χ1v) is 7.72. The summed E-state index contributed by atoms with van der Waals surface area (Å²) >= 11 is 1.82. The molecule has 5 heteroatoms. The number of carbonyl (C=O) groups excluding carboxylic acids is 1. The second-order valence-corrected chi connectivity index (χ2v) is 5.67. The van der Waals surface area contributed by atoms with E-state index < -0.39 is 0 Å². The maximum atomic E-state index is 11.9. The van der Waals surface area contributed by atoms with E-state index in [1.54, 1.807) is 10.9 Å². The highest BCUT2D eigenvalue weighted by atomic mass is 32.2. The molecule has 1 aromatic carbocycles. The lowest BCUT2D eigenvalue weighted by Gasteiger charge is -2.05. The molecule has 1 N–H and O–H groups in total. The number of aryl methyl sites for hydroxylation is 1. The van der Waals surface area contributed by atoms with E-state index in [2.05, 4.69) is 22.5 Å². The van der Waals surface area contributed by atoms with E-state index in [1.165, 1.54) is 5.56 Å². The molecule has 0 spiro atoms. The third-order valence-electron chi connectivity index (χ3n) is 3.12. The summed E-state index contributed by atoms with van der Waals surface area (Å²) in [4.78, 5) is 11.9. The summed E-state index contributed by atoms with van der Waals surface area (Å²) in [5.41, 5.74) is 2.85. The van der Waals surface area contributed by atoms with Gasteiger partial charge in [0.2, 0.25) is 0 Å².